The van der Waals surface area contributed by atoms with Crippen molar-refractivity contribution >= 4 is 29.3 Å². The van der Waals surface area contributed by atoms with Gasteiger partial charge < -0.3 is 10.6 Å². The normalized spacial score (nSPS) is 10.5. The van der Waals surface area contributed by atoms with E-state index in [2.05, 4.69) is 24.5 Å². The number of anilines is 1. The molecule has 0 saturated carbocycles. The maximum Gasteiger partial charge on any atom is 0.255 e. The van der Waals surface area contributed by atoms with E-state index in [0.717, 1.165) is 17.0 Å². The van der Waals surface area contributed by atoms with E-state index in [1.54, 1.807) is 11.8 Å². The molecule has 2 rings (SSSR count). The average Bonchev–Trinajstić information content (AvgIpc) is 2.61. The lowest BCUT2D eigenvalue weighted by Gasteiger charge is -2.08. The van der Waals surface area contributed by atoms with Crippen LogP contribution in [0.3, 0.4) is 0 Å². The Morgan fingerprint density at radius 2 is 1.68 bits per heavy atom. The lowest BCUT2D eigenvalue weighted by molar-refractivity contribution is -0.118. The Morgan fingerprint density at radius 3 is 2.32 bits per heavy atom. The van der Waals surface area contributed by atoms with E-state index < -0.39 is 0 Å². The molecule has 0 aromatic heterocycles. The summed E-state index contributed by atoms with van der Waals surface area (Å²) in [6, 6.07) is 16.9. The minimum Gasteiger partial charge on any atom is -0.355 e. The Bertz CT molecular complexity index is 685. The van der Waals surface area contributed by atoms with E-state index in [-0.39, 0.29) is 11.8 Å². The summed E-state index contributed by atoms with van der Waals surface area (Å²) in [6.07, 6.45) is 0. The molecule has 0 fully saturated rings. The molecule has 2 aromatic carbocycles. The van der Waals surface area contributed by atoms with Crippen LogP contribution in [0.2, 0.25) is 0 Å². The predicted molar refractivity (Wildman–Crippen MR) is 105 cm³/mol. The summed E-state index contributed by atoms with van der Waals surface area (Å²) in [5.74, 6) is 1.60. The first-order valence-electron chi connectivity index (χ1n) is 8.34. The molecule has 2 aromatic rings. The molecule has 0 radical (unpaired) electrons. The number of carbonyl (C=O) groups excluding carboxylic acids is 2. The van der Waals surface area contributed by atoms with Crippen LogP contribution in [-0.2, 0) is 10.5 Å². The van der Waals surface area contributed by atoms with Gasteiger partial charge in [0.05, 0.1) is 5.75 Å². The molecular weight excluding hydrogens is 332 g/mol. The SMILES string of the molecule is CC(C)CNC(=O)CSCc1ccc(C(=O)Nc2ccccc2)cc1. The Balaban J connectivity index is 1.77. The zero-order valence-corrected chi connectivity index (χ0v) is 15.4. The summed E-state index contributed by atoms with van der Waals surface area (Å²) in [7, 11) is 0. The van der Waals surface area contributed by atoms with Crippen LogP contribution in [0.25, 0.3) is 0 Å². The highest BCUT2D eigenvalue weighted by atomic mass is 32.2. The minimum atomic E-state index is -0.126. The molecule has 5 heteroatoms. The Kier molecular flexibility index (Phi) is 7.54. The summed E-state index contributed by atoms with van der Waals surface area (Å²) < 4.78 is 0. The van der Waals surface area contributed by atoms with Crippen molar-refractivity contribution < 1.29 is 9.59 Å². The molecule has 0 aliphatic carbocycles. The fraction of sp³-hybridized carbons (Fsp3) is 0.300. The third kappa shape index (κ3) is 7.01. The highest BCUT2D eigenvalue weighted by Crippen LogP contribution is 2.14. The summed E-state index contributed by atoms with van der Waals surface area (Å²) in [5, 5.41) is 5.76. The standard InChI is InChI=1S/C20H24N2O2S/c1-15(2)12-21-19(23)14-25-13-16-8-10-17(11-9-16)20(24)22-18-6-4-3-5-7-18/h3-11,15H,12-14H2,1-2H3,(H,21,23)(H,22,24). The van der Waals surface area contributed by atoms with Gasteiger partial charge in [0.1, 0.15) is 0 Å². The third-order valence-corrected chi connectivity index (χ3v) is 4.46. The first kappa shape index (κ1) is 19.1. The monoisotopic (exact) mass is 356 g/mol. The zero-order valence-electron chi connectivity index (χ0n) is 14.6. The number of thioether (sulfide) groups is 1. The van der Waals surface area contributed by atoms with Gasteiger partial charge in [-0.1, -0.05) is 44.2 Å². The van der Waals surface area contributed by atoms with Gasteiger partial charge >= 0.3 is 0 Å². The first-order chi connectivity index (χ1) is 12.0. The number of hydrogen-bond acceptors (Lipinski definition) is 3. The van der Waals surface area contributed by atoms with Crippen molar-refractivity contribution in [1.29, 1.82) is 0 Å². The summed E-state index contributed by atoms with van der Waals surface area (Å²) in [5.41, 5.74) is 2.49. The highest BCUT2D eigenvalue weighted by molar-refractivity contribution is 7.99. The van der Waals surface area contributed by atoms with E-state index in [1.807, 2.05) is 54.6 Å². The number of hydrogen-bond donors (Lipinski definition) is 2. The van der Waals surface area contributed by atoms with Gasteiger partial charge in [-0.15, -0.1) is 11.8 Å². The van der Waals surface area contributed by atoms with Gasteiger partial charge in [-0.25, -0.2) is 0 Å². The van der Waals surface area contributed by atoms with Crippen LogP contribution in [0, 0.1) is 5.92 Å². The number of benzene rings is 2. The van der Waals surface area contributed by atoms with Gasteiger partial charge in [0.25, 0.3) is 5.91 Å². The van der Waals surface area contributed by atoms with Crippen molar-refractivity contribution in [3.63, 3.8) is 0 Å². The fourth-order valence-corrected chi connectivity index (χ4v) is 2.93. The van der Waals surface area contributed by atoms with Gasteiger partial charge in [0.2, 0.25) is 5.91 Å². The number of rotatable bonds is 8. The van der Waals surface area contributed by atoms with E-state index in [1.165, 1.54) is 0 Å². The van der Waals surface area contributed by atoms with Gasteiger partial charge in [-0.05, 0) is 35.7 Å². The van der Waals surface area contributed by atoms with Crippen LogP contribution in [0.1, 0.15) is 29.8 Å². The maximum absolute atomic E-state index is 12.2. The first-order valence-corrected chi connectivity index (χ1v) is 9.50. The summed E-state index contributed by atoms with van der Waals surface area (Å²) in [4.78, 5) is 23.9. The molecule has 0 unspecified atom stereocenters. The van der Waals surface area contributed by atoms with Crippen molar-refractivity contribution in [1.82, 2.24) is 5.32 Å². The Morgan fingerprint density at radius 1 is 1.00 bits per heavy atom. The molecule has 0 spiro atoms. The quantitative estimate of drug-likeness (QED) is 0.753. The molecule has 2 amide bonds. The second-order valence-corrected chi connectivity index (χ2v) is 7.19. The van der Waals surface area contributed by atoms with Gasteiger partial charge in [0.15, 0.2) is 0 Å². The zero-order chi connectivity index (χ0) is 18.1. The highest BCUT2D eigenvalue weighted by Gasteiger charge is 2.07. The van der Waals surface area contributed by atoms with Crippen molar-refractivity contribution in [2.24, 2.45) is 5.92 Å². The lowest BCUT2D eigenvalue weighted by atomic mass is 10.1. The van der Waals surface area contributed by atoms with Crippen LogP contribution in [0.15, 0.2) is 54.6 Å². The molecule has 0 heterocycles. The fourth-order valence-electron chi connectivity index (χ4n) is 2.11. The van der Waals surface area contributed by atoms with Crippen LogP contribution in [-0.4, -0.2) is 24.1 Å². The lowest BCUT2D eigenvalue weighted by Crippen LogP contribution is -2.28. The van der Waals surface area contributed by atoms with Crippen molar-refractivity contribution in [3.05, 3.63) is 65.7 Å². The number of amides is 2. The third-order valence-electron chi connectivity index (χ3n) is 3.46. The van der Waals surface area contributed by atoms with Crippen LogP contribution in [0.5, 0.6) is 0 Å². The molecule has 0 atom stereocenters. The van der Waals surface area contributed by atoms with Gasteiger partial charge in [-0.2, -0.15) is 0 Å². The number of carbonyl (C=O) groups is 2. The smallest absolute Gasteiger partial charge is 0.255 e. The van der Waals surface area contributed by atoms with Crippen LogP contribution >= 0.6 is 11.8 Å². The number of nitrogens with one attached hydrogen (secondary N) is 2. The maximum atomic E-state index is 12.2. The van der Waals surface area contributed by atoms with Gasteiger partial charge in [-0.3, -0.25) is 9.59 Å². The second-order valence-electron chi connectivity index (χ2n) is 6.21. The molecule has 2 N–H and O–H groups in total. The van der Waals surface area contributed by atoms with Crippen LogP contribution < -0.4 is 10.6 Å². The van der Waals surface area contributed by atoms with E-state index in [0.29, 0.717) is 23.8 Å². The van der Waals surface area contributed by atoms with Crippen LogP contribution in [0.4, 0.5) is 5.69 Å². The topological polar surface area (TPSA) is 58.2 Å². The second kappa shape index (κ2) is 9.89. The van der Waals surface area contributed by atoms with Crippen molar-refractivity contribution in [2.75, 3.05) is 17.6 Å². The molecule has 0 aliphatic heterocycles. The molecular formula is C20H24N2O2S. The van der Waals surface area contributed by atoms with Gasteiger partial charge in [0, 0.05) is 23.5 Å². The number of para-hydroxylation sites is 1. The molecule has 25 heavy (non-hydrogen) atoms. The van der Waals surface area contributed by atoms with E-state index in [4.69, 9.17) is 0 Å². The van der Waals surface area contributed by atoms with Crippen molar-refractivity contribution in [3.8, 4) is 0 Å². The predicted octanol–water partition coefficient (Wildman–Crippen LogP) is 3.94. The Hall–Kier alpha value is -2.27. The largest absolute Gasteiger partial charge is 0.355 e. The summed E-state index contributed by atoms with van der Waals surface area (Å²) in [6.45, 7) is 4.86. The van der Waals surface area contributed by atoms with E-state index >= 15 is 0 Å². The van der Waals surface area contributed by atoms with E-state index in [9.17, 15) is 9.59 Å². The summed E-state index contributed by atoms with van der Waals surface area (Å²) >= 11 is 1.57. The average molecular weight is 356 g/mol. The molecule has 0 saturated heterocycles. The Labute approximate surface area is 153 Å². The molecule has 0 aliphatic rings. The minimum absolute atomic E-state index is 0.0672. The van der Waals surface area contributed by atoms with Crippen molar-refractivity contribution in [2.45, 2.75) is 19.6 Å². The molecule has 0 bridgehead atoms. The molecule has 4 nitrogen and oxygen atoms in total. The molecule has 132 valence electrons.